The summed E-state index contributed by atoms with van der Waals surface area (Å²) in [4.78, 5) is 108. The number of alkyl halides is 1. The highest BCUT2D eigenvalue weighted by atomic mass is 35.5. The standard InChI is InChI=1S/C27H31ClN4O4.C23H29ClN2O3.C21H25ClN2O3.C17H19ClN2.C6H11ClO3.C6H8N2O2/c28-23-8-6-22(7-9-23)27(21-4-2-1-3-5-21)31-16-14-30(15-17-31)18-19-36-20-24(33)29-12-13-32-25(34)10-11-26(32)35;1-2-29-22(27)18-28-17-16-25-12-14-26(15-13-25)23(19-6-4-3-5-7-19)20-8-10-21(24)11-9-20;22-19-8-6-18(7-9-19)21(17-4-2-1-3-5-17)24-12-10-23(11-13-24)14-15-27-16-20(25)26;18-16-8-6-15(7-9-16)17(14-4-2-1-3-5-14)20-12-10-19-11-13-20;1-2-10-6(8)5-9-4-3-7;7-3-4-8-5(9)1-2-6(8)10/h1-11,27H,12-20H2,(H,29,33);3-11,23H,2,12-18H2,1H3;1-9,21H,10-16H2,(H,25,26);1-9,17,19H,10-13H2;2-5H2,1H3;1-2H,3-4,7H2. The van der Waals surface area contributed by atoms with Gasteiger partial charge in [-0.3, -0.25) is 68.1 Å². The fourth-order valence-electron chi connectivity index (χ4n) is 15.7. The van der Waals surface area contributed by atoms with Crippen LogP contribution in [0, 0.1) is 0 Å². The SMILES string of the molecule is CCOC(=O)COCCCl.CCOC(=O)COCCN1CCN(C(c2ccccc2)c2ccc(Cl)cc2)CC1.Clc1ccc(C(c2ccccc2)N2CCNCC2)cc1.NCCN1C(=O)C=CC1=O.O=C(COCCN1CCN(C(c2ccccc2)c2ccc(Cl)cc2)CC1)NCCN1C(=O)C=CC1=O.O=C(O)COCCN1CCN(C(c2ccccc2)c2ccc(Cl)cc2)CC1. The Hall–Kier alpha value is -9.67. The Balaban J connectivity index is 0.000000187. The summed E-state index contributed by atoms with van der Waals surface area (Å²) in [6.07, 6.45) is 4.95. The Bertz CT molecular complexity index is 4750. The molecule has 5 amide bonds. The number of hydrogen-bond donors (Lipinski definition) is 4. The number of carbonyl (C=O) groups is 8. The Morgan fingerprint density at radius 3 is 0.924 bits per heavy atom. The van der Waals surface area contributed by atoms with E-state index in [4.69, 9.17) is 92.5 Å². The van der Waals surface area contributed by atoms with E-state index in [1.165, 1.54) is 68.8 Å². The van der Waals surface area contributed by atoms with Crippen LogP contribution in [0.2, 0.25) is 20.1 Å². The number of carboxylic acid groups (broad SMARTS) is 1. The molecule has 132 heavy (non-hydrogen) atoms. The predicted octanol–water partition coefficient (Wildman–Crippen LogP) is 11.9. The maximum atomic E-state index is 12.0. The summed E-state index contributed by atoms with van der Waals surface area (Å²) in [7, 11) is 0. The van der Waals surface area contributed by atoms with Gasteiger partial charge >= 0.3 is 17.9 Å². The number of carboxylic acids is 1. The summed E-state index contributed by atoms with van der Waals surface area (Å²) >= 11 is 29.6. The number of nitrogens with two attached hydrogens (primary N) is 1. The van der Waals surface area contributed by atoms with Crippen LogP contribution in [0.15, 0.2) is 243 Å². The van der Waals surface area contributed by atoms with Crippen LogP contribution in [-0.4, -0.2) is 319 Å². The lowest BCUT2D eigenvalue weighted by Gasteiger charge is -2.39. The average molecular weight is 1910 g/mol. The fourth-order valence-corrected chi connectivity index (χ4v) is 16.3. The molecule has 14 rings (SSSR count). The number of amides is 5. The van der Waals surface area contributed by atoms with Crippen LogP contribution >= 0.6 is 58.0 Å². The molecule has 0 radical (unpaired) electrons. The molecule has 0 aliphatic carbocycles. The smallest absolute Gasteiger partial charge is 0.332 e. The van der Waals surface area contributed by atoms with Crippen LogP contribution in [-0.2, 0) is 66.8 Å². The largest absolute Gasteiger partial charge is 0.480 e. The number of halogens is 5. The van der Waals surface area contributed by atoms with Crippen LogP contribution in [0.5, 0.6) is 0 Å². The molecule has 8 aromatic rings. The molecule has 0 bridgehead atoms. The number of rotatable bonds is 38. The Kier molecular flexibility index (Phi) is 48.1. The van der Waals surface area contributed by atoms with Crippen LogP contribution in [0.3, 0.4) is 0 Å². The molecular weight excluding hydrogens is 1790 g/mol. The molecule has 4 saturated heterocycles. The molecule has 5 N–H and O–H groups in total. The number of aliphatic carboxylic acids is 1. The van der Waals surface area contributed by atoms with E-state index in [9.17, 15) is 38.4 Å². The molecule has 4 atom stereocenters. The van der Waals surface area contributed by atoms with Gasteiger partial charge in [-0.25, -0.2) is 14.4 Å². The second-order valence-electron chi connectivity index (χ2n) is 31.2. The van der Waals surface area contributed by atoms with Crippen LogP contribution in [0.4, 0.5) is 0 Å². The van der Waals surface area contributed by atoms with E-state index in [1.54, 1.807) is 13.8 Å². The highest BCUT2D eigenvalue weighted by Crippen LogP contribution is 2.35. The molecule has 708 valence electrons. The van der Waals surface area contributed by atoms with Crippen LogP contribution in [0.1, 0.15) is 82.5 Å². The van der Waals surface area contributed by atoms with Crippen molar-refractivity contribution in [2.45, 2.75) is 38.0 Å². The van der Waals surface area contributed by atoms with Crippen molar-refractivity contribution in [1.82, 2.24) is 54.7 Å². The minimum absolute atomic E-state index is 0.000556. The third kappa shape index (κ3) is 37.0. The summed E-state index contributed by atoms with van der Waals surface area (Å²) in [5, 5.41) is 17.8. The molecular formula is C100H123Cl5N12O15. The maximum Gasteiger partial charge on any atom is 0.332 e. The third-order valence-corrected chi connectivity index (χ3v) is 23.4. The van der Waals surface area contributed by atoms with Gasteiger partial charge in [0.25, 0.3) is 23.6 Å². The zero-order chi connectivity index (χ0) is 94.0. The van der Waals surface area contributed by atoms with Gasteiger partial charge in [-0.05, 0) is 107 Å². The number of carbonyl (C=O) groups excluding carboxylic acids is 7. The number of nitrogens with zero attached hydrogens (tertiary/aromatic N) is 9. The van der Waals surface area contributed by atoms with Gasteiger partial charge in [0.2, 0.25) is 5.91 Å². The highest BCUT2D eigenvalue weighted by Gasteiger charge is 2.32. The molecule has 4 fully saturated rings. The molecule has 0 saturated carbocycles. The first-order chi connectivity index (χ1) is 64.2. The van der Waals surface area contributed by atoms with Gasteiger partial charge in [0, 0.05) is 201 Å². The van der Waals surface area contributed by atoms with Crippen molar-refractivity contribution < 1.29 is 71.9 Å². The van der Waals surface area contributed by atoms with Crippen LogP contribution < -0.4 is 16.4 Å². The quantitative estimate of drug-likeness (QED) is 0.0121. The van der Waals surface area contributed by atoms with Gasteiger partial charge in [-0.2, -0.15) is 0 Å². The van der Waals surface area contributed by atoms with Crippen molar-refractivity contribution in [2.75, 3.05) is 222 Å². The van der Waals surface area contributed by atoms with Crippen LogP contribution in [0.25, 0.3) is 0 Å². The lowest BCUT2D eigenvalue weighted by Crippen LogP contribution is -2.48. The number of imide groups is 2. The molecule has 0 aromatic heterocycles. The van der Waals surface area contributed by atoms with Gasteiger partial charge in [-0.1, -0.05) is 216 Å². The Morgan fingerprint density at radius 2 is 0.636 bits per heavy atom. The monoisotopic (exact) mass is 1910 g/mol. The first kappa shape index (κ1) is 106. The Labute approximate surface area is 800 Å². The van der Waals surface area contributed by atoms with Gasteiger partial charge in [0.05, 0.1) is 63.8 Å². The highest BCUT2D eigenvalue weighted by molar-refractivity contribution is 6.31. The molecule has 6 heterocycles. The normalized spacial score (nSPS) is 16.6. The minimum atomic E-state index is -0.923. The summed E-state index contributed by atoms with van der Waals surface area (Å²) < 4.78 is 30.4. The molecule has 27 nitrogen and oxygen atoms in total. The van der Waals surface area contributed by atoms with Crippen molar-refractivity contribution in [3.63, 3.8) is 0 Å². The summed E-state index contributed by atoms with van der Waals surface area (Å²) in [5.74, 6) is -2.67. The van der Waals surface area contributed by atoms with Gasteiger partial charge in [-0.15, -0.1) is 11.6 Å². The topological polar surface area (TPSA) is 291 Å². The van der Waals surface area contributed by atoms with Crippen molar-refractivity contribution in [3.05, 3.63) is 307 Å². The first-order valence-electron chi connectivity index (χ1n) is 44.7. The fraction of sp³-hybridized carbons (Fsp3) is 0.400. The summed E-state index contributed by atoms with van der Waals surface area (Å²) in [6.45, 7) is 24.8. The van der Waals surface area contributed by atoms with Gasteiger partial charge in [0.1, 0.15) is 26.4 Å². The summed E-state index contributed by atoms with van der Waals surface area (Å²) in [5.41, 5.74) is 15.4. The lowest BCUT2D eigenvalue weighted by molar-refractivity contribution is -0.149. The van der Waals surface area contributed by atoms with Gasteiger partial charge in [0.15, 0.2) is 0 Å². The Morgan fingerprint density at radius 1 is 0.364 bits per heavy atom. The van der Waals surface area contributed by atoms with E-state index in [0.717, 1.165) is 154 Å². The lowest BCUT2D eigenvalue weighted by atomic mass is 9.96. The molecule has 32 heteroatoms. The average Bonchev–Trinajstić information content (AvgIpc) is 1.48. The molecule has 6 aliphatic rings. The molecule has 4 unspecified atom stereocenters. The number of hydrogen-bond acceptors (Lipinski definition) is 23. The third-order valence-electron chi connectivity index (χ3n) is 22.2. The van der Waals surface area contributed by atoms with E-state index in [2.05, 4.69) is 207 Å². The van der Waals surface area contributed by atoms with Crippen molar-refractivity contribution >= 4 is 105 Å². The molecule has 6 aliphatic heterocycles. The maximum absolute atomic E-state index is 12.0. The zero-order valence-corrected chi connectivity index (χ0v) is 78.9. The second kappa shape index (κ2) is 59.8. The zero-order valence-electron chi connectivity index (χ0n) is 75.1. The number of nitrogens with one attached hydrogen (secondary N) is 2. The van der Waals surface area contributed by atoms with E-state index in [0.29, 0.717) is 64.7 Å². The minimum Gasteiger partial charge on any atom is -0.480 e. The van der Waals surface area contributed by atoms with Crippen molar-refractivity contribution in [3.8, 4) is 0 Å². The van der Waals surface area contributed by atoms with E-state index in [-0.39, 0.29) is 99.1 Å². The number of ether oxygens (including phenoxy) is 6. The number of benzene rings is 8. The number of esters is 2. The number of piperazine rings is 4. The molecule has 0 spiro atoms. The van der Waals surface area contributed by atoms with Gasteiger partial charge < -0.3 is 49.9 Å². The second-order valence-corrected chi connectivity index (χ2v) is 33.4. The van der Waals surface area contributed by atoms with Crippen molar-refractivity contribution in [1.29, 1.82) is 0 Å². The van der Waals surface area contributed by atoms with E-state index < -0.39 is 5.97 Å². The van der Waals surface area contributed by atoms with E-state index >= 15 is 0 Å². The van der Waals surface area contributed by atoms with E-state index in [1.807, 2.05) is 60.7 Å². The predicted molar refractivity (Wildman–Crippen MR) is 516 cm³/mol. The first-order valence-corrected chi connectivity index (χ1v) is 46.8. The van der Waals surface area contributed by atoms with Crippen molar-refractivity contribution in [2.24, 2.45) is 5.73 Å². The molecule has 8 aromatic carbocycles. The summed E-state index contributed by atoms with van der Waals surface area (Å²) in [6, 6.07) is 75.9.